The van der Waals surface area contributed by atoms with E-state index in [1.165, 1.54) is 12.8 Å². The van der Waals surface area contributed by atoms with E-state index in [1.807, 2.05) is 0 Å². The van der Waals surface area contributed by atoms with Crippen molar-refractivity contribution in [3.8, 4) is 0 Å². The molecule has 0 aromatic rings. The fraction of sp³-hybridized carbons (Fsp3) is 0.929. The second-order valence-electron chi connectivity index (χ2n) is 6.01. The van der Waals surface area contributed by atoms with Gasteiger partial charge in [0.15, 0.2) is 0 Å². The van der Waals surface area contributed by atoms with Gasteiger partial charge >= 0.3 is 0 Å². The summed E-state index contributed by atoms with van der Waals surface area (Å²) in [5.41, 5.74) is 0. The van der Waals surface area contributed by atoms with Gasteiger partial charge in [-0.15, -0.1) is 0 Å². The molecule has 0 spiro atoms. The number of hydrogen-bond donors (Lipinski definition) is 1. The first kappa shape index (κ1) is 12.9. The van der Waals surface area contributed by atoms with E-state index >= 15 is 0 Å². The molecule has 0 saturated carbocycles. The summed E-state index contributed by atoms with van der Waals surface area (Å²) in [7, 11) is 0. The van der Waals surface area contributed by atoms with Gasteiger partial charge in [-0.2, -0.15) is 0 Å². The molecule has 0 aromatic heterocycles. The number of carbonyl (C=O) groups is 1. The van der Waals surface area contributed by atoms with Crippen molar-refractivity contribution in [2.75, 3.05) is 13.1 Å². The molecule has 1 amide bonds. The van der Waals surface area contributed by atoms with Gasteiger partial charge in [-0.1, -0.05) is 6.92 Å². The Labute approximate surface area is 105 Å². The number of carbonyl (C=O) groups excluding carboxylic acids is 1. The van der Waals surface area contributed by atoms with Crippen LogP contribution in [0.25, 0.3) is 0 Å². The van der Waals surface area contributed by atoms with Crippen LogP contribution in [0.1, 0.15) is 46.5 Å². The van der Waals surface area contributed by atoms with Crippen LogP contribution < -0.4 is 5.32 Å². The van der Waals surface area contributed by atoms with Crippen molar-refractivity contribution in [3.05, 3.63) is 0 Å². The van der Waals surface area contributed by atoms with Gasteiger partial charge in [0.1, 0.15) is 0 Å². The zero-order chi connectivity index (χ0) is 12.4. The molecule has 2 fully saturated rings. The third kappa shape index (κ3) is 2.82. The molecule has 0 aromatic carbocycles. The van der Waals surface area contributed by atoms with E-state index in [0.717, 1.165) is 25.9 Å². The highest BCUT2D eigenvalue weighted by Crippen LogP contribution is 2.26. The molecule has 0 bridgehead atoms. The number of nitrogens with zero attached hydrogens (tertiary/aromatic N) is 1. The Morgan fingerprint density at radius 2 is 1.94 bits per heavy atom. The van der Waals surface area contributed by atoms with E-state index in [2.05, 4.69) is 31.0 Å². The largest absolute Gasteiger partial charge is 0.339 e. The molecular weight excluding hydrogens is 212 g/mol. The quantitative estimate of drug-likeness (QED) is 0.758. The van der Waals surface area contributed by atoms with Crippen LogP contribution in [0.2, 0.25) is 0 Å². The first-order valence-corrected chi connectivity index (χ1v) is 7.13. The molecule has 0 radical (unpaired) electrons. The lowest BCUT2D eigenvalue weighted by Gasteiger charge is -2.41. The molecule has 0 aliphatic carbocycles. The molecule has 4 atom stereocenters. The molecule has 98 valence electrons. The Bertz CT molecular complexity index is 279. The second kappa shape index (κ2) is 5.38. The van der Waals surface area contributed by atoms with Gasteiger partial charge in [-0.25, -0.2) is 0 Å². The van der Waals surface area contributed by atoms with E-state index in [-0.39, 0.29) is 5.92 Å². The minimum Gasteiger partial charge on any atom is -0.339 e. The SMILES string of the molecule is CC1CCC(C)N(C(=O)C2CCCNC2C)C1. The number of piperidine rings is 2. The fourth-order valence-electron chi connectivity index (χ4n) is 3.19. The van der Waals surface area contributed by atoms with E-state index in [9.17, 15) is 4.79 Å². The molecule has 4 unspecified atom stereocenters. The van der Waals surface area contributed by atoms with Gasteiger partial charge in [0.05, 0.1) is 5.92 Å². The molecule has 2 saturated heterocycles. The second-order valence-corrected chi connectivity index (χ2v) is 6.01. The Balaban J connectivity index is 2.02. The number of hydrogen-bond acceptors (Lipinski definition) is 2. The van der Waals surface area contributed by atoms with Crippen molar-refractivity contribution in [2.24, 2.45) is 11.8 Å². The van der Waals surface area contributed by atoms with Gasteiger partial charge in [0.2, 0.25) is 5.91 Å². The van der Waals surface area contributed by atoms with Gasteiger partial charge in [-0.3, -0.25) is 4.79 Å². The average molecular weight is 238 g/mol. The molecule has 2 heterocycles. The zero-order valence-electron chi connectivity index (χ0n) is 11.4. The number of nitrogens with one attached hydrogen (secondary N) is 1. The molecule has 17 heavy (non-hydrogen) atoms. The minimum absolute atomic E-state index is 0.205. The van der Waals surface area contributed by atoms with Crippen molar-refractivity contribution in [1.82, 2.24) is 10.2 Å². The average Bonchev–Trinajstić information content (AvgIpc) is 2.32. The summed E-state index contributed by atoms with van der Waals surface area (Å²) in [6.07, 6.45) is 4.63. The van der Waals surface area contributed by atoms with Crippen LogP contribution in [0.3, 0.4) is 0 Å². The number of rotatable bonds is 1. The van der Waals surface area contributed by atoms with Crippen molar-refractivity contribution in [1.29, 1.82) is 0 Å². The molecule has 3 nitrogen and oxygen atoms in total. The highest BCUT2D eigenvalue weighted by molar-refractivity contribution is 5.80. The summed E-state index contributed by atoms with van der Waals surface area (Å²) in [4.78, 5) is 14.7. The Morgan fingerprint density at radius 1 is 1.18 bits per heavy atom. The lowest BCUT2D eigenvalue weighted by atomic mass is 9.87. The van der Waals surface area contributed by atoms with Crippen LogP contribution in [0.4, 0.5) is 0 Å². The summed E-state index contributed by atoms with van der Waals surface area (Å²) in [6, 6.07) is 0.786. The van der Waals surface area contributed by atoms with Gasteiger partial charge < -0.3 is 10.2 Å². The molecule has 2 aliphatic rings. The maximum absolute atomic E-state index is 12.6. The normalized spacial score (nSPS) is 39.1. The Hall–Kier alpha value is -0.570. The van der Waals surface area contributed by atoms with E-state index in [0.29, 0.717) is 23.9 Å². The molecular formula is C14H26N2O. The van der Waals surface area contributed by atoms with Crippen LogP contribution in [0.15, 0.2) is 0 Å². The first-order chi connectivity index (χ1) is 8.09. The van der Waals surface area contributed by atoms with Crippen LogP contribution >= 0.6 is 0 Å². The van der Waals surface area contributed by atoms with Gasteiger partial charge in [0.25, 0.3) is 0 Å². The van der Waals surface area contributed by atoms with Crippen molar-refractivity contribution in [2.45, 2.75) is 58.5 Å². The first-order valence-electron chi connectivity index (χ1n) is 7.13. The summed E-state index contributed by atoms with van der Waals surface area (Å²) in [5.74, 6) is 1.27. The van der Waals surface area contributed by atoms with Crippen molar-refractivity contribution < 1.29 is 4.79 Å². The monoisotopic (exact) mass is 238 g/mol. The highest BCUT2D eigenvalue weighted by Gasteiger charge is 2.35. The topological polar surface area (TPSA) is 32.3 Å². The maximum Gasteiger partial charge on any atom is 0.227 e. The smallest absolute Gasteiger partial charge is 0.227 e. The minimum atomic E-state index is 0.205. The zero-order valence-corrected chi connectivity index (χ0v) is 11.4. The van der Waals surface area contributed by atoms with Crippen LogP contribution in [0.5, 0.6) is 0 Å². The fourth-order valence-corrected chi connectivity index (χ4v) is 3.19. The molecule has 2 aliphatic heterocycles. The van der Waals surface area contributed by atoms with Gasteiger partial charge in [0, 0.05) is 18.6 Å². The van der Waals surface area contributed by atoms with Crippen LogP contribution in [-0.2, 0) is 4.79 Å². The van der Waals surface area contributed by atoms with Gasteiger partial charge in [-0.05, 0) is 52.0 Å². The summed E-state index contributed by atoms with van der Waals surface area (Å²) >= 11 is 0. The van der Waals surface area contributed by atoms with Crippen molar-refractivity contribution >= 4 is 5.91 Å². The predicted molar refractivity (Wildman–Crippen MR) is 69.8 cm³/mol. The van der Waals surface area contributed by atoms with E-state index in [4.69, 9.17) is 0 Å². The Morgan fingerprint density at radius 3 is 2.65 bits per heavy atom. The van der Waals surface area contributed by atoms with Crippen molar-refractivity contribution in [3.63, 3.8) is 0 Å². The van der Waals surface area contributed by atoms with E-state index < -0.39 is 0 Å². The van der Waals surface area contributed by atoms with E-state index in [1.54, 1.807) is 0 Å². The summed E-state index contributed by atoms with van der Waals surface area (Å²) in [6.45, 7) is 8.64. The maximum atomic E-state index is 12.6. The summed E-state index contributed by atoms with van der Waals surface area (Å²) in [5, 5.41) is 3.43. The lowest BCUT2D eigenvalue weighted by molar-refractivity contribution is -0.141. The Kier molecular flexibility index (Phi) is 4.08. The van der Waals surface area contributed by atoms with Crippen LogP contribution in [-0.4, -0.2) is 36.0 Å². The summed E-state index contributed by atoms with van der Waals surface area (Å²) < 4.78 is 0. The number of likely N-dealkylation sites (tertiary alicyclic amines) is 1. The predicted octanol–water partition coefficient (Wildman–Crippen LogP) is 2.02. The third-order valence-corrected chi connectivity index (χ3v) is 4.48. The standard InChI is InChI=1S/C14H26N2O/c1-10-6-7-11(2)16(9-10)14(17)13-5-4-8-15-12(13)3/h10-13,15H,4-9H2,1-3H3. The molecule has 2 rings (SSSR count). The number of amides is 1. The lowest BCUT2D eigenvalue weighted by Crippen LogP contribution is -2.53. The molecule has 1 N–H and O–H groups in total. The highest BCUT2D eigenvalue weighted by atomic mass is 16.2. The van der Waals surface area contributed by atoms with Crippen LogP contribution in [0, 0.1) is 11.8 Å². The molecule has 3 heteroatoms. The third-order valence-electron chi connectivity index (χ3n) is 4.48.